The van der Waals surface area contributed by atoms with Gasteiger partial charge in [0.15, 0.2) is 0 Å². The molecule has 236 valence electrons. The van der Waals surface area contributed by atoms with Gasteiger partial charge in [0, 0.05) is 24.0 Å². The number of nitrogens with zero attached hydrogens (tertiary/aromatic N) is 2. The predicted octanol–water partition coefficient (Wildman–Crippen LogP) is 6.42. The first-order valence-corrected chi connectivity index (χ1v) is 17.3. The molecule has 0 aliphatic carbocycles. The number of halogens is 1. The van der Waals surface area contributed by atoms with Gasteiger partial charge in [-0.25, -0.2) is 8.42 Å². The molecule has 0 heterocycles. The van der Waals surface area contributed by atoms with Crippen LogP contribution in [0.3, 0.4) is 0 Å². The second kappa shape index (κ2) is 15.7. The molecule has 4 rings (SSSR count). The van der Waals surface area contributed by atoms with Crippen molar-refractivity contribution in [1.29, 1.82) is 0 Å². The Morgan fingerprint density at radius 3 is 1.96 bits per heavy atom. The lowest BCUT2D eigenvalue weighted by Crippen LogP contribution is -2.53. The van der Waals surface area contributed by atoms with Crippen molar-refractivity contribution < 1.29 is 22.7 Å². The Balaban J connectivity index is 1.67. The fourth-order valence-corrected chi connectivity index (χ4v) is 5.80. The monoisotopic (exact) mass is 691 g/mol. The number of amides is 2. The Hall–Kier alpha value is -4.15. The van der Waals surface area contributed by atoms with Crippen LogP contribution in [-0.2, 0) is 32.6 Å². The normalized spacial score (nSPS) is 11.9. The molecular formula is C35H38BrN3O5S. The Morgan fingerprint density at radius 1 is 0.800 bits per heavy atom. The second-order valence-corrected chi connectivity index (χ2v) is 14.0. The fourth-order valence-electron chi connectivity index (χ4n) is 4.68. The standard InChI is InChI=1S/C35H38BrN3O5S/c1-26(2)23-37-35(41)33(22-27-10-6-4-7-11-27)38(24-28-14-16-29(36)17-15-28)34(40)25-39(45(3,42)43)30-18-20-32(21-19-30)44-31-12-8-5-9-13-31/h4-21,26,33H,22-25H2,1-3H3,(H,37,41)/t33-/m0/s1. The van der Waals surface area contributed by atoms with E-state index < -0.39 is 28.5 Å². The molecule has 0 spiro atoms. The molecular weight excluding hydrogens is 654 g/mol. The number of nitrogens with one attached hydrogen (secondary N) is 1. The summed E-state index contributed by atoms with van der Waals surface area (Å²) in [7, 11) is -3.88. The molecule has 10 heteroatoms. The molecule has 0 aliphatic rings. The van der Waals surface area contributed by atoms with E-state index in [9.17, 15) is 18.0 Å². The van der Waals surface area contributed by atoms with Gasteiger partial charge in [-0.15, -0.1) is 0 Å². The maximum absolute atomic E-state index is 14.2. The van der Waals surface area contributed by atoms with E-state index in [1.165, 1.54) is 4.90 Å². The van der Waals surface area contributed by atoms with Gasteiger partial charge < -0.3 is 15.0 Å². The minimum Gasteiger partial charge on any atom is -0.457 e. The fraction of sp³-hybridized carbons (Fsp3) is 0.257. The molecule has 1 atom stereocenters. The summed E-state index contributed by atoms with van der Waals surface area (Å²) in [5.41, 5.74) is 1.98. The van der Waals surface area contributed by atoms with Crippen molar-refractivity contribution in [1.82, 2.24) is 10.2 Å². The highest BCUT2D eigenvalue weighted by molar-refractivity contribution is 9.10. The van der Waals surface area contributed by atoms with E-state index in [-0.39, 0.29) is 24.8 Å². The molecule has 0 fully saturated rings. The van der Waals surface area contributed by atoms with Gasteiger partial charge in [-0.3, -0.25) is 13.9 Å². The summed E-state index contributed by atoms with van der Waals surface area (Å²) < 4.78 is 33.9. The van der Waals surface area contributed by atoms with Gasteiger partial charge in [-0.05, 0) is 65.6 Å². The van der Waals surface area contributed by atoms with Crippen molar-refractivity contribution in [2.75, 3.05) is 23.7 Å². The molecule has 0 radical (unpaired) electrons. The van der Waals surface area contributed by atoms with E-state index in [0.717, 1.165) is 26.2 Å². The Kier molecular flexibility index (Phi) is 11.8. The number of hydrogen-bond acceptors (Lipinski definition) is 5. The van der Waals surface area contributed by atoms with Crippen LogP contribution in [-0.4, -0.2) is 50.5 Å². The molecule has 4 aromatic rings. The van der Waals surface area contributed by atoms with E-state index in [4.69, 9.17) is 4.74 Å². The van der Waals surface area contributed by atoms with Gasteiger partial charge in [0.05, 0.1) is 11.9 Å². The molecule has 2 amide bonds. The number of carbonyl (C=O) groups is 2. The topological polar surface area (TPSA) is 96.0 Å². The summed E-state index contributed by atoms with van der Waals surface area (Å²) in [4.78, 5) is 29.4. The molecule has 45 heavy (non-hydrogen) atoms. The van der Waals surface area contributed by atoms with Crippen LogP contribution in [0.15, 0.2) is 114 Å². The van der Waals surface area contributed by atoms with Gasteiger partial charge in [-0.1, -0.05) is 90.4 Å². The van der Waals surface area contributed by atoms with Crippen LogP contribution in [0.2, 0.25) is 0 Å². The highest BCUT2D eigenvalue weighted by Gasteiger charge is 2.33. The third-order valence-electron chi connectivity index (χ3n) is 7.00. The highest BCUT2D eigenvalue weighted by Crippen LogP contribution is 2.26. The maximum atomic E-state index is 14.2. The predicted molar refractivity (Wildman–Crippen MR) is 182 cm³/mol. The molecule has 4 aromatic carbocycles. The minimum atomic E-state index is -3.88. The Labute approximate surface area is 274 Å². The molecule has 8 nitrogen and oxygen atoms in total. The zero-order valence-electron chi connectivity index (χ0n) is 25.6. The van der Waals surface area contributed by atoms with Crippen LogP contribution in [0.5, 0.6) is 11.5 Å². The summed E-state index contributed by atoms with van der Waals surface area (Å²) >= 11 is 3.45. The van der Waals surface area contributed by atoms with E-state index in [1.54, 1.807) is 24.3 Å². The van der Waals surface area contributed by atoms with Crippen LogP contribution in [0.1, 0.15) is 25.0 Å². The van der Waals surface area contributed by atoms with E-state index >= 15 is 0 Å². The number of benzene rings is 4. The quantitative estimate of drug-likeness (QED) is 0.165. The summed E-state index contributed by atoms with van der Waals surface area (Å²) in [5.74, 6) is 0.562. The van der Waals surface area contributed by atoms with Gasteiger partial charge in [-0.2, -0.15) is 0 Å². The van der Waals surface area contributed by atoms with Crippen LogP contribution >= 0.6 is 15.9 Å². The average molecular weight is 693 g/mol. The zero-order chi connectivity index (χ0) is 32.4. The van der Waals surface area contributed by atoms with Crippen molar-refractivity contribution in [3.63, 3.8) is 0 Å². The Bertz CT molecular complexity index is 1650. The SMILES string of the molecule is CC(C)CNC(=O)[C@H](Cc1ccccc1)N(Cc1ccc(Br)cc1)C(=O)CN(c1ccc(Oc2ccccc2)cc1)S(C)(=O)=O. The zero-order valence-corrected chi connectivity index (χ0v) is 28.0. The molecule has 0 aliphatic heterocycles. The third-order valence-corrected chi connectivity index (χ3v) is 8.67. The third kappa shape index (κ3) is 10.2. The molecule has 0 saturated carbocycles. The first-order valence-electron chi connectivity index (χ1n) is 14.7. The smallest absolute Gasteiger partial charge is 0.244 e. The molecule has 0 saturated heterocycles. The van der Waals surface area contributed by atoms with Crippen LogP contribution in [0, 0.1) is 5.92 Å². The number of rotatable bonds is 14. The van der Waals surface area contributed by atoms with Gasteiger partial charge >= 0.3 is 0 Å². The van der Waals surface area contributed by atoms with Crippen LogP contribution < -0.4 is 14.4 Å². The summed E-state index contributed by atoms with van der Waals surface area (Å²) in [5, 5.41) is 2.99. The Morgan fingerprint density at radius 2 is 1.38 bits per heavy atom. The first-order chi connectivity index (χ1) is 21.5. The summed E-state index contributed by atoms with van der Waals surface area (Å²) in [6.45, 7) is 4.06. The first kappa shape index (κ1) is 33.7. The maximum Gasteiger partial charge on any atom is 0.244 e. The van der Waals surface area contributed by atoms with Crippen molar-refractivity contribution in [3.05, 3.63) is 125 Å². The highest BCUT2D eigenvalue weighted by atomic mass is 79.9. The second-order valence-electron chi connectivity index (χ2n) is 11.2. The molecule has 0 aromatic heterocycles. The van der Waals surface area contributed by atoms with Gasteiger partial charge in [0.25, 0.3) is 0 Å². The minimum absolute atomic E-state index is 0.111. The van der Waals surface area contributed by atoms with Crippen LogP contribution in [0.4, 0.5) is 5.69 Å². The lowest BCUT2D eigenvalue weighted by Gasteiger charge is -2.33. The molecule has 0 bridgehead atoms. The number of hydrogen-bond donors (Lipinski definition) is 1. The van der Waals surface area contributed by atoms with Gasteiger partial charge in [0.1, 0.15) is 24.1 Å². The summed E-state index contributed by atoms with van der Waals surface area (Å²) in [6.07, 6.45) is 1.32. The number of ether oxygens (including phenoxy) is 1. The van der Waals surface area contributed by atoms with Crippen molar-refractivity contribution in [2.24, 2.45) is 5.92 Å². The van der Waals surface area contributed by atoms with E-state index in [1.807, 2.05) is 98.8 Å². The number of sulfonamides is 1. The molecule has 1 N–H and O–H groups in total. The summed E-state index contributed by atoms with van der Waals surface area (Å²) in [6, 6.07) is 31.8. The lowest BCUT2D eigenvalue weighted by molar-refractivity contribution is -0.140. The average Bonchev–Trinajstić information content (AvgIpc) is 3.02. The molecule has 0 unspecified atom stereocenters. The number of para-hydroxylation sites is 1. The van der Waals surface area contributed by atoms with Crippen molar-refractivity contribution >= 4 is 43.5 Å². The van der Waals surface area contributed by atoms with E-state index in [2.05, 4.69) is 21.2 Å². The lowest BCUT2D eigenvalue weighted by atomic mass is 10.0. The van der Waals surface area contributed by atoms with E-state index in [0.29, 0.717) is 23.7 Å². The largest absolute Gasteiger partial charge is 0.457 e. The number of anilines is 1. The van der Waals surface area contributed by atoms with Crippen molar-refractivity contribution in [3.8, 4) is 11.5 Å². The van der Waals surface area contributed by atoms with Crippen LogP contribution in [0.25, 0.3) is 0 Å². The van der Waals surface area contributed by atoms with Gasteiger partial charge in [0.2, 0.25) is 21.8 Å². The van der Waals surface area contributed by atoms with Crippen molar-refractivity contribution in [2.45, 2.75) is 32.9 Å². The number of carbonyl (C=O) groups excluding carboxylic acids is 2.